The molecule has 4 nitrogen and oxygen atoms in total. The smallest absolute Gasteiger partial charge is 0.147 e. The molecule has 1 aromatic heterocycles. The molecule has 1 aromatic carbocycles. The Labute approximate surface area is 169 Å². The number of hydrogen-bond acceptors (Lipinski definition) is 3. The molecule has 0 radical (unpaired) electrons. The average Bonchev–Trinajstić information content (AvgIpc) is 3.22. The highest BCUT2D eigenvalue weighted by Crippen LogP contribution is 2.31. The van der Waals surface area contributed by atoms with Crippen molar-refractivity contribution < 1.29 is 9.18 Å². The van der Waals surface area contributed by atoms with E-state index in [0.29, 0.717) is 5.56 Å². The zero-order valence-corrected chi connectivity index (χ0v) is 18.1. The molecule has 0 fully saturated rings. The van der Waals surface area contributed by atoms with E-state index in [2.05, 4.69) is 30.9 Å². The third kappa shape index (κ3) is 7.53. The Balaban J connectivity index is 0.000000280. The van der Waals surface area contributed by atoms with Gasteiger partial charge in [-0.25, -0.2) is 14.1 Å². The van der Waals surface area contributed by atoms with Gasteiger partial charge in [0.1, 0.15) is 23.8 Å². The first-order valence-corrected chi connectivity index (χ1v) is 10.5. The molecule has 1 aliphatic rings. The van der Waals surface area contributed by atoms with Crippen LogP contribution >= 0.6 is 0 Å². The summed E-state index contributed by atoms with van der Waals surface area (Å²) in [4.78, 5) is 13.1. The van der Waals surface area contributed by atoms with E-state index in [9.17, 15) is 4.39 Å². The molecule has 1 aliphatic heterocycles. The molecule has 0 saturated heterocycles. The molecule has 0 spiro atoms. The Morgan fingerprint density at radius 3 is 2.57 bits per heavy atom. The Bertz CT molecular complexity index is 699. The summed E-state index contributed by atoms with van der Waals surface area (Å²) in [6.45, 7) is 10.2. The van der Waals surface area contributed by atoms with Gasteiger partial charge in [0.25, 0.3) is 0 Å². The Morgan fingerprint density at radius 2 is 1.96 bits per heavy atom. The van der Waals surface area contributed by atoms with Crippen LogP contribution in [0.3, 0.4) is 0 Å². The Kier molecular flexibility index (Phi) is 11.3. The van der Waals surface area contributed by atoms with Crippen molar-refractivity contribution in [2.24, 2.45) is 5.92 Å². The number of carbonyl (C=O) groups excluding carboxylic acids is 1. The van der Waals surface area contributed by atoms with E-state index in [-0.39, 0.29) is 11.9 Å². The molecule has 156 valence electrons. The van der Waals surface area contributed by atoms with E-state index in [1.54, 1.807) is 6.07 Å². The lowest BCUT2D eigenvalue weighted by Gasteiger charge is -2.12. The van der Waals surface area contributed by atoms with Crippen molar-refractivity contribution in [1.82, 2.24) is 14.8 Å². The van der Waals surface area contributed by atoms with E-state index < -0.39 is 0 Å². The van der Waals surface area contributed by atoms with E-state index >= 15 is 0 Å². The summed E-state index contributed by atoms with van der Waals surface area (Å²) < 4.78 is 15.5. The van der Waals surface area contributed by atoms with Crippen LogP contribution in [-0.2, 0) is 11.2 Å². The van der Waals surface area contributed by atoms with Crippen LogP contribution < -0.4 is 0 Å². The molecule has 0 amide bonds. The summed E-state index contributed by atoms with van der Waals surface area (Å²) in [5.41, 5.74) is 0.714. The summed E-state index contributed by atoms with van der Waals surface area (Å²) in [5, 5.41) is 4.33. The van der Waals surface area contributed by atoms with Crippen LogP contribution in [0.4, 0.5) is 4.39 Å². The van der Waals surface area contributed by atoms with Crippen LogP contribution in [0.1, 0.15) is 89.5 Å². The molecule has 0 N–H and O–H groups in total. The molecule has 3 rings (SSSR count). The van der Waals surface area contributed by atoms with Crippen LogP contribution in [0.15, 0.2) is 24.3 Å². The third-order valence-corrected chi connectivity index (χ3v) is 5.01. The Hall–Kier alpha value is -2.04. The fourth-order valence-corrected chi connectivity index (χ4v) is 3.26. The van der Waals surface area contributed by atoms with Gasteiger partial charge in [0, 0.05) is 12.0 Å². The summed E-state index contributed by atoms with van der Waals surface area (Å²) >= 11 is 0. The molecular weight excluding hydrogens is 353 g/mol. The number of fused-ring (bicyclic) bond motifs is 1. The number of carbonyl (C=O) groups is 1. The van der Waals surface area contributed by atoms with Gasteiger partial charge in [-0.2, -0.15) is 5.10 Å². The monoisotopic (exact) mass is 389 g/mol. The maximum Gasteiger partial charge on any atom is 0.147 e. The standard InChI is InChI=1S/C12H12FN3.C9H20.C2H4O/c1-8-14-12-7-6-11(16(12)15-8)9-4-2-3-5-10(9)13;1-4-6-7-8-9(3)5-2;1-2-3/h2-5,11H,6-7H2,1H3;9H,4-8H2,1-3H3;2H,1H3. The second-order valence-corrected chi connectivity index (χ2v) is 7.34. The first-order chi connectivity index (χ1) is 13.5. The minimum Gasteiger partial charge on any atom is -0.304 e. The van der Waals surface area contributed by atoms with Crippen molar-refractivity contribution in [3.8, 4) is 0 Å². The predicted octanol–water partition coefficient (Wildman–Crippen LogP) is 6.08. The van der Waals surface area contributed by atoms with Gasteiger partial charge in [0.2, 0.25) is 0 Å². The van der Waals surface area contributed by atoms with Crippen LogP contribution in [0, 0.1) is 18.7 Å². The van der Waals surface area contributed by atoms with Gasteiger partial charge in [0.15, 0.2) is 0 Å². The number of aromatic nitrogens is 3. The molecule has 5 heteroatoms. The minimum atomic E-state index is -0.159. The zero-order valence-electron chi connectivity index (χ0n) is 18.1. The first kappa shape index (κ1) is 24.0. The quantitative estimate of drug-likeness (QED) is 0.444. The van der Waals surface area contributed by atoms with Crippen molar-refractivity contribution >= 4 is 6.29 Å². The Morgan fingerprint density at radius 1 is 1.29 bits per heavy atom. The maximum atomic E-state index is 13.7. The number of nitrogens with zero attached hydrogens (tertiary/aromatic N) is 3. The number of aldehydes is 1. The van der Waals surface area contributed by atoms with Crippen molar-refractivity contribution in [2.45, 2.75) is 85.6 Å². The predicted molar refractivity (Wildman–Crippen MR) is 113 cm³/mol. The fraction of sp³-hybridized carbons (Fsp3) is 0.609. The summed E-state index contributed by atoms with van der Waals surface area (Å²) in [7, 11) is 0. The number of unbranched alkanes of at least 4 members (excludes halogenated alkanes) is 2. The van der Waals surface area contributed by atoms with Crippen LogP contribution in [0.2, 0.25) is 0 Å². The van der Waals surface area contributed by atoms with E-state index in [1.165, 1.54) is 45.1 Å². The summed E-state index contributed by atoms with van der Waals surface area (Å²) in [5.74, 6) is 2.52. The van der Waals surface area contributed by atoms with Gasteiger partial charge in [0.05, 0.1) is 6.04 Å². The van der Waals surface area contributed by atoms with Crippen molar-refractivity contribution in [2.75, 3.05) is 0 Å². The molecule has 2 heterocycles. The molecule has 2 atom stereocenters. The molecule has 0 bridgehead atoms. The number of halogens is 1. The van der Waals surface area contributed by atoms with Crippen LogP contribution in [-0.4, -0.2) is 21.1 Å². The van der Waals surface area contributed by atoms with Crippen molar-refractivity contribution in [1.29, 1.82) is 0 Å². The molecular formula is C23H36FN3O. The normalized spacial score (nSPS) is 15.6. The number of benzene rings is 1. The molecule has 0 saturated carbocycles. The lowest BCUT2D eigenvalue weighted by molar-refractivity contribution is -0.106. The third-order valence-electron chi connectivity index (χ3n) is 5.01. The lowest BCUT2D eigenvalue weighted by atomic mass is 10.0. The van der Waals surface area contributed by atoms with Gasteiger partial charge >= 0.3 is 0 Å². The van der Waals surface area contributed by atoms with Gasteiger partial charge in [-0.3, -0.25) is 0 Å². The zero-order chi connectivity index (χ0) is 20.9. The van der Waals surface area contributed by atoms with Gasteiger partial charge < -0.3 is 4.79 Å². The van der Waals surface area contributed by atoms with Gasteiger partial charge in [-0.1, -0.05) is 71.1 Å². The number of hydrogen-bond donors (Lipinski definition) is 0. The van der Waals surface area contributed by atoms with Crippen LogP contribution in [0.25, 0.3) is 0 Å². The molecule has 28 heavy (non-hydrogen) atoms. The maximum absolute atomic E-state index is 13.7. The highest BCUT2D eigenvalue weighted by Gasteiger charge is 2.27. The minimum absolute atomic E-state index is 0.0115. The van der Waals surface area contributed by atoms with E-state index in [1.807, 2.05) is 23.7 Å². The topological polar surface area (TPSA) is 47.8 Å². The fourth-order valence-electron chi connectivity index (χ4n) is 3.26. The lowest BCUT2D eigenvalue weighted by Crippen LogP contribution is -2.09. The second-order valence-electron chi connectivity index (χ2n) is 7.34. The highest BCUT2D eigenvalue weighted by molar-refractivity contribution is 5.44. The average molecular weight is 390 g/mol. The molecule has 2 aromatic rings. The van der Waals surface area contributed by atoms with Gasteiger partial charge in [-0.15, -0.1) is 0 Å². The van der Waals surface area contributed by atoms with E-state index in [0.717, 1.165) is 36.7 Å². The summed E-state index contributed by atoms with van der Waals surface area (Å²) in [6.07, 6.45) is 9.51. The molecule has 0 aliphatic carbocycles. The first-order valence-electron chi connectivity index (χ1n) is 10.5. The highest BCUT2D eigenvalue weighted by atomic mass is 19.1. The van der Waals surface area contributed by atoms with Crippen LogP contribution in [0.5, 0.6) is 0 Å². The largest absolute Gasteiger partial charge is 0.304 e. The number of aryl methyl sites for hydroxylation is 2. The number of rotatable bonds is 6. The molecule has 2 unspecified atom stereocenters. The second kappa shape index (κ2) is 13.2. The van der Waals surface area contributed by atoms with Crippen molar-refractivity contribution in [3.05, 3.63) is 47.3 Å². The van der Waals surface area contributed by atoms with Crippen molar-refractivity contribution in [3.63, 3.8) is 0 Å². The SMILES string of the molecule is CC=O.CCCCCC(C)CC.Cc1nc2n(n1)C(c1ccccc1F)CC2. The van der Waals surface area contributed by atoms with Gasteiger partial charge in [-0.05, 0) is 32.3 Å². The van der Waals surface area contributed by atoms with E-state index in [4.69, 9.17) is 4.79 Å². The summed E-state index contributed by atoms with van der Waals surface area (Å²) in [6, 6.07) is 6.91.